The van der Waals surface area contributed by atoms with Crippen molar-refractivity contribution in [3.8, 4) is 0 Å². The molecule has 1 unspecified atom stereocenters. The van der Waals surface area contributed by atoms with E-state index in [1.807, 2.05) is 6.92 Å². The first-order valence-electron chi connectivity index (χ1n) is 5.64. The molecule has 1 aliphatic heterocycles. The molecule has 0 aliphatic carbocycles. The maximum Gasteiger partial charge on any atom is 0.239 e. The molecule has 1 atom stereocenters. The van der Waals surface area contributed by atoms with E-state index >= 15 is 0 Å². The third-order valence-electron chi connectivity index (χ3n) is 2.78. The van der Waals surface area contributed by atoms with Crippen LogP contribution in [0.15, 0.2) is 0 Å². The average Bonchev–Trinajstić information content (AvgIpc) is 2.69. The normalized spacial score (nSPS) is 21.0. The van der Waals surface area contributed by atoms with Crippen molar-refractivity contribution < 1.29 is 13.2 Å². The first-order valence-corrected chi connectivity index (χ1v) is 7.70. The summed E-state index contributed by atoms with van der Waals surface area (Å²) in [5, 5.41) is 3.13. The van der Waals surface area contributed by atoms with Crippen molar-refractivity contribution in [3.63, 3.8) is 0 Å². The van der Waals surface area contributed by atoms with Crippen molar-refractivity contribution in [2.24, 2.45) is 0 Å². The topological polar surface area (TPSA) is 66.5 Å². The Morgan fingerprint density at radius 2 is 2.19 bits per heavy atom. The molecular formula is C10H20N2O3S. The lowest BCUT2D eigenvalue weighted by Crippen LogP contribution is -2.45. The van der Waals surface area contributed by atoms with E-state index in [4.69, 9.17) is 0 Å². The summed E-state index contributed by atoms with van der Waals surface area (Å²) in [6.07, 6.45) is 3.06. The van der Waals surface area contributed by atoms with Gasteiger partial charge in [-0.15, -0.1) is 0 Å². The van der Waals surface area contributed by atoms with Gasteiger partial charge in [0.1, 0.15) is 9.84 Å². The summed E-state index contributed by atoms with van der Waals surface area (Å²) in [6.45, 7) is 3.61. The standard InChI is InChI=1S/C10H20N2O3S/c1-3-12(7-8-16(2,14)15)10(13)9-5-4-6-11-9/h9,11H,3-8H2,1-2H3. The SMILES string of the molecule is CCN(CCS(C)(=O)=O)C(=O)C1CCCN1. The van der Waals surface area contributed by atoms with E-state index in [1.165, 1.54) is 6.26 Å². The zero-order valence-corrected chi connectivity index (χ0v) is 10.7. The highest BCUT2D eigenvalue weighted by Crippen LogP contribution is 2.08. The summed E-state index contributed by atoms with van der Waals surface area (Å²) >= 11 is 0. The Balaban J connectivity index is 2.49. The largest absolute Gasteiger partial charge is 0.341 e. The summed E-state index contributed by atoms with van der Waals surface area (Å²) < 4.78 is 22.1. The molecule has 0 aromatic carbocycles. The van der Waals surface area contributed by atoms with Crippen LogP contribution in [0.2, 0.25) is 0 Å². The lowest BCUT2D eigenvalue weighted by atomic mass is 10.2. The molecule has 1 saturated heterocycles. The first kappa shape index (κ1) is 13.4. The Morgan fingerprint density at radius 3 is 2.62 bits per heavy atom. The van der Waals surface area contributed by atoms with Crippen LogP contribution in [-0.2, 0) is 14.6 Å². The van der Waals surface area contributed by atoms with Crippen LogP contribution in [0.4, 0.5) is 0 Å². The molecule has 1 rings (SSSR count). The van der Waals surface area contributed by atoms with E-state index in [2.05, 4.69) is 5.32 Å². The molecule has 1 N–H and O–H groups in total. The predicted molar refractivity (Wildman–Crippen MR) is 63.0 cm³/mol. The van der Waals surface area contributed by atoms with Gasteiger partial charge in [0, 0.05) is 19.3 Å². The van der Waals surface area contributed by atoms with Crippen LogP contribution in [0.3, 0.4) is 0 Å². The summed E-state index contributed by atoms with van der Waals surface area (Å²) in [5.41, 5.74) is 0. The minimum Gasteiger partial charge on any atom is -0.341 e. The summed E-state index contributed by atoms with van der Waals surface area (Å²) in [5.74, 6) is 0.0721. The summed E-state index contributed by atoms with van der Waals surface area (Å²) in [7, 11) is -3.00. The number of nitrogens with one attached hydrogen (secondary N) is 1. The van der Waals surface area contributed by atoms with Gasteiger partial charge >= 0.3 is 0 Å². The molecule has 0 aromatic heterocycles. The van der Waals surface area contributed by atoms with Crippen LogP contribution in [0, 0.1) is 0 Å². The molecule has 0 radical (unpaired) electrons. The highest BCUT2D eigenvalue weighted by Gasteiger charge is 2.26. The van der Waals surface area contributed by atoms with Crippen LogP contribution >= 0.6 is 0 Å². The molecule has 0 saturated carbocycles. The fraction of sp³-hybridized carbons (Fsp3) is 0.900. The number of nitrogens with zero attached hydrogens (tertiary/aromatic N) is 1. The lowest BCUT2D eigenvalue weighted by Gasteiger charge is -2.23. The van der Waals surface area contributed by atoms with E-state index in [0.29, 0.717) is 13.1 Å². The fourth-order valence-electron chi connectivity index (χ4n) is 1.82. The van der Waals surface area contributed by atoms with Gasteiger partial charge in [0.05, 0.1) is 11.8 Å². The number of rotatable bonds is 5. The molecule has 1 aliphatic rings. The fourth-order valence-corrected chi connectivity index (χ4v) is 2.37. The zero-order chi connectivity index (χ0) is 12.2. The molecule has 6 heteroatoms. The number of carbonyl (C=O) groups is 1. The third kappa shape index (κ3) is 4.09. The monoisotopic (exact) mass is 248 g/mol. The van der Waals surface area contributed by atoms with Gasteiger partial charge < -0.3 is 10.2 Å². The molecule has 0 aromatic rings. The second-order valence-corrected chi connectivity index (χ2v) is 6.46. The molecule has 0 bridgehead atoms. The Bertz CT molecular complexity index is 334. The van der Waals surface area contributed by atoms with Crippen LogP contribution in [0.5, 0.6) is 0 Å². The van der Waals surface area contributed by atoms with Gasteiger partial charge in [-0.3, -0.25) is 4.79 Å². The molecule has 1 fully saturated rings. The van der Waals surface area contributed by atoms with E-state index < -0.39 is 9.84 Å². The number of amides is 1. The molecule has 0 spiro atoms. The number of sulfone groups is 1. The Hall–Kier alpha value is -0.620. The van der Waals surface area contributed by atoms with Crippen molar-refractivity contribution in [2.45, 2.75) is 25.8 Å². The Labute approximate surface area is 97.1 Å². The van der Waals surface area contributed by atoms with Crippen LogP contribution in [0.25, 0.3) is 0 Å². The van der Waals surface area contributed by atoms with Crippen LogP contribution < -0.4 is 5.32 Å². The Morgan fingerprint density at radius 1 is 1.50 bits per heavy atom. The average molecular weight is 248 g/mol. The summed E-state index contributed by atoms with van der Waals surface area (Å²) in [4.78, 5) is 13.6. The Kier molecular flexibility index (Phi) is 4.73. The predicted octanol–water partition coefficient (Wildman–Crippen LogP) is -0.368. The van der Waals surface area contributed by atoms with E-state index in [0.717, 1.165) is 19.4 Å². The highest BCUT2D eigenvalue weighted by atomic mass is 32.2. The van der Waals surface area contributed by atoms with Crippen molar-refractivity contribution in [2.75, 3.05) is 31.6 Å². The first-order chi connectivity index (χ1) is 7.44. The second-order valence-electron chi connectivity index (χ2n) is 4.20. The zero-order valence-electron chi connectivity index (χ0n) is 9.90. The molecule has 1 heterocycles. The van der Waals surface area contributed by atoms with Crippen LogP contribution in [0.1, 0.15) is 19.8 Å². The third-order valence-corrected chi connectivity index (χ3v) is 3.71. The molecule has 5 nitrogen and oxygen atoms in total. The van der Waals surface area contributed by atoms with Crippen molar-refractivity contribution in [1.29, 1.82) is 0 Å². The maximum atomic E-state index is 12.0. The van der Waals surface area contributed by atoms with Gasteiger partial charge in [-0.1, -0.05) is 0 Å². The number of hydrogen-bond donors (Lipinski definition) is 1. The van der Waals surface area contributed by atoms with E-state index in [-0.39, 0.29) is 17.7 Å². The second kappa shape index (κ2) is 5.63. The van der Waals surface area contributed by atoms with Gasteiger partial charge in [0.25, 0.3) is 0 Å². The summed E-state index contributed by atoms with van der Waals surface area (Å²) in [6, 6.07) is -0.112. The molecule has 1 amide bonds. The minimum atomic E-state index is -3.00. The van der Waals surface area contributed by atoms with Crippen molar-refractivity contribution in [3.05, 3.63) is 0 Å². The van der Waals surface area contributed by atoms with Gasteiger partial charge in [0.15, 0.2) is 0 Å². The maximum absolute atomic E-state index is 12.0. The van der Waals surface area contributed by atoms with Crippen molar-refractivity contribution >= 4 is 15.7 Å². The van der Waals surface area contributed by atoms with E-state index in [9.17, 15) is 13.2 Å². The number of likely N-dealkylation sites (N-methyl/N-ethyl adjacent to an activating group) is 1. The molecular weight excluding hydrogens is 228 g/mol. The van der Waals surface area contributed by atoms with Crippen LogP contribution in [-0.4, -0.2) is 56.9 Å². The van der Waals surface area contributed by atoms with Gasteiger partial charge in [-0.2, -0.15) is 0 Å². The molecule has 16 heavy (non-hydrogen) atoms. The number of hydrogen-bond acceptors (Lipinski definition) is 4. The van der Waals surface area contributed by atoms with Gasteiger partial charge in [-0.05, 0) is 26.3 Å². The van der Waals surface area contributed by atoms with Crippen molar-refractivity contribution in [1.82, 2.24) is 10.2 Å². The minimum absolute atomic E-state index is 0.0312. The van der Waals surface area contributed by atoms with Gasteiger partial charge in [0.2, 0.25) is 5.91 Å². The smallest absolute Gasteiger partial charge is 0.239 e. The quantitative estimate of drug-likeness (QED) is 0.721. The van der Waals surface area contributed by atoms with Gasteiger partial charge in [-0.25, -0.2) is 8.42 Å². The molecule has 94 valence electrons. The lowest BCUT2D eigenvalue weighted by molar-refractivity contribution is -0.132. The highest BCUT2D eigenvalue weighted by molar-refractivity contribution is 7.90. The number of carbonyl (C=O) groups excluding carboxylic acids is 1. The van der Waals surface area contributed by atoms with E-state index in [1.54, 1.807) is 4.90 Å².